The van der Waals surface area contributed by atoms with Crippen molar-refractivity contribution in [1.82, 2.24) is 0 Å². The number of rotatable bonds is 1. The number of anilines is 1. The molecule has 0 aromatic heterocycles. The zero-order valence-corrected chi connectivity index (χ0v) is 13.1. The molecule has 0 spiro atoms. The van der Waals surface area contributed by atoms with Crippen LogP contribution in [0.3, 0.4) is 0 Å². The van der Waals surface area contributed by atoms with E-state index in [1.165, 1.54) is 0 Å². The van der Waals surface area contributed by atoms with Crippen molar-refractivity contribution in [2.75, 3.05) is 23.0 Å². The molecule has 1 fully saturated rings. The largest absolute Gasteiger partial charge is 0.474 e. The molecule has 0 bridgehead atoms. The van der Waals surface area contributed by atoms with E-state index in [9.17, 15) is 23.1 Å². The third kappa shape index (κ3) is 4.27. The fraction of sp³-hybridized carbons (Fsp3) is 0.417. The Labute approximate surface area is 130 Å². The molecule has 1 heterocycles. The lowest BCUT2D eigenvalue weighted by Gasteiger charge is -2.35. The molecule has 2 rings (SSSR count). The third-order valence-electron chi connectivity index (χ3n) is 2.88. The topological polar surface area (TPSA) is 52.9 Å². The number of carbonyl (C=O) groups is 1. The summed E-state index contributed by atoms with van der Waals surface area (Å²) >= 11 is 3.30. The second kappa shape index (κ2) is 6.45. The number of carbonyl (C=O) groups excluding carboxylic acids is 1. The van der Waals surface area contributed by atoms with Crippen molar-refractivity contribution in [3.8, 4) is 0 Å². The van der Waals surface area contributed by atoms with Crippen molar-refractivity contribution in [3.05, 3.63) is 28.7 Å². The van der Waals surface area contributed by atoms with E-state index in [0.717, 1.165) is 10.2 Å². The predicted molar refractivity (Wildman–Crippen MR) is 78.1 cm³/mol. The number of hydrogen-bond acceptors (Lipinski definition) is 3. The summed E-state index contributed by atoms with van der Waals surface area (Å²) in [5.41, 5.74) is 0.774. The fourth-order valence-electron chi connectivity index (χ4n) is 1.88. The van der Waals surface area contributed by atoms with Crippen molar-refractivity contribution in [2.24, 2.45) is 4.36 Å². The highest BCUT2D eigenvalue weighted by Crippen LogP contribution is 2.23. The minimum Gasteiger partial charge on any atom is -0.373 e. The SMILES string of the molecule is O=C(N=S1CCN(c2ccc(Br)cc2)C(O)C1)C(F)(F)F. The maximum atomic E-state index is 12.2. The molecule has 9 heteroatoms. The standard InChI is InChI=1S/C12H12BrF3N2O2S/c13-8-1-3-9(4-2-8)18-5-6-21(7-10(18)19)17-11(20)12(14,15)16/h1-4,10,19H,5-7H2. The maximum absolute atomic E-state index is 12.2. The average Bonchev–Trinajstić information content (AvgIpc) is 2.39. The van der Waals surface area contributed by atoms with Gasteiger partial charge in [-0.25, -0.2) is 0 Å². The summed E-state index contributed by atoms with van der Waals surface area (Å²) in [6, 6.07) is 7.23. The smallest absolute Gasteiger partial charge is 0.373 e. The number of alkyl halides is 3. The van der Waals surface area contributed by atoms with Crippen LogP contribution in [-0.4, -0.2) is 41.5 Å². The first-order chi connectivity index (χ1) is 9.77. The molecule has 1 aliphatic heterocycles. The van der Waals surface area contributed by atoms with Gasteiger partial charge in [0.05, 0.1) is 0 Å². The van der Waals surface area contributed by atoms with Gasteiger partial charge in [0.2, 0.25) is 0 Å². The van der Waals surface area contributed by atoms with E-state index >= 15 is 0 Å². The Morgan fingerprint density at radius 2 is 2.00 bits per heavy atom. The molecule has 0 aliphatic carbocycles. The number of halogens is 4. The normalized spacial score (nSPS) is 23.4. The molecule has 116 valence electrons. The first kappa shape index (κ1) is 16.4. The summed E-state index contributed by atoms with van der Waals surface area (Å²) < 4.78 is 40.6. The highest BCUT2D eigenvalue weighted by Gasteiger charge is 2.39. The van der Waals surface area contributed by atoms with Crippen LogP contribution in [0, 0.1) is 0 Å². The number of nitrogens with zero attached hydrogens (tertiary/aromatic N) is 2. The highest BCUT2D eigenvalue weighted by atomic mass is 79.9. The summed E-state index contributed by atoms with van der Waals surface area (Å²) in [7, 11) is -1.10. The van der Waals surface area contributed by atoms with E-state index in [2.05, 4.69) is 20.3 Å². The molecule has 2 atom stereocenters. The molecule has 1 aromatic rings. The van der Waals surface area contributed by atoms with E-state index in [-0.39, 0.29) is 5.75 Å². The summed E-state index contributed by atoms with van der Waals surface area (Å²) in [5, 5.41) is 10.0. The van der Waals surface area contributed by atoms with Crippen molar-refractivity contribution in [2.45, 2.75) is 12.4 Å². The zero-order chi connectivity index (χ0) is 15.6. The summed E-state index contributed by atoms with van der Waals surface area (Å²) in [6.45, 7) is 0.348. The second-order valence-electron chi connectivity index (χ2n) is 4.38. The lowest BCUT2D eigenvalue weighted by atomic mass is 10.3. The molecule has 21 heavy (non-hydrogen) atoms. The van der Waals surface area contributed by atoms with Crippen LogP contribution in [-0.2, 0) is 15.5 Å². The summed E-state index contributed by atoms with van der Waals surface area (Å²) in [6.07, 6.45) is -5.89. The molecule has 1 aliphatic rings. The molecule has 4 nitrogen and oxygen atoms in total. The van der Waals surface area contributed by atoms with E-state index in [4.69, 9.17) is 0 Å². The number of amides is 1. The lowest BCUT2D eigenvalue weighted by Crippen LogP contribution is -2.46. The Hall–Kier alpha value is -0.930. The first-order valence-corrected chi connectivity index (χ1v) is 8.29. The Morgan fingerprint density at radius 3 is 2.52 bits per heavy atom. The van der Waals surface area contributed by atoms with Gasteiger partial charge in [0.1, 0.15) is 6.23 Å². The number of hydrogen-bond donors (Lipinski definition) is 1. The summed E-state index contributed by atoms with van der Waals surface area (Å²) in [4.78, 5) is 12.5. The van der Waals surface area contributed by atoms with Gasteiger partial charge in [-0.15, -0.1) is 0 Å². The van der Waals surface area contributed by atoms with Crippen LogP contribution in [0.5, 0.6) is 0 Å². The van der Waals surface area contributed by atoms with E-state index in [1.807, 2.05) is 12.1 Å². The number of aliphatic hydroxyl groups excluding tert-OH is 1. The third-order valence-corrected chi connectivity index (χ3v) is 5.17. The zero-order valence-electron chi connectivity index (χ0n) is 10.7. The molecular weight excluding hydrogens is 373 g/mol. The van der Waals surface area contributed by atoms with Crippen molar-refractivity contribution in [3.63, 3.8) is 0 Å². The highest BCUT2D eigenvalue weighted by molar-refractivity contribution is 9.10. The monoisotopic (exact) mass is 384 g/mol. The van der Waals surface area contributed by atoms with Crippen molar-refractivity contribution < 1.29 is 23.1 Å². The molecule has 0 saturated carbocycles. The van der Waals surface area contributed by atoms with E-state index in [0.29, 0.717) is 12.3 Å². The Balaban J connectivity index is 2.07. The quantitative estimate of drug-likeness (QED) is 0.808. The Bertz CT molecular complexity index is 563. The molecule has 2 unspecified atom stereocenters. The van der Waals surface area contributed by atoms with Gasteiger partial charge in [-0.2, -0.15) is 17.5 Å². The van der Waals surface area contributed by atoms with E-state index < -0.39 is 29.0 Å². The van der Waals surface area contributed by atoms with Gasteiger partial charge < -0.3 is 10.0 Å². The second-order valence-corrected chi connectivity index (χ2v) is 7.14. The van der Waals surface area contributed by atoms with Crippen molar-refractivity contribution in [1.29, 1.82) is 0 Å². The molecule has 1 amide bonds. The number of aliphatic hydroxyl groups is 1. The van der Waals surface area contributed by atoms with Crippen LogP contribution in [0.25, 0.3) is 0 Å². The van der Waals surface area contributed by atoms with Gasteiger partial charge in [-0.3, -0.25) is 4.79 Å². The first-order valence-electron chi connectivity index (χ1n) is 5.98. The predicted octanol–water partition coefficient (Wildman–Crippen LogP) is 2.48. The van der Waals surface area contributed by atoms with Gasteiger partial charge in [0.15, 0.2) is 0 Å². The van der Waals surface area contributed by atoms with Gasteiger partial charge in [-0.05, 0) is 24.3 Å². The van der Waals surface area contributed by atoms with Crippen LogP contribution < -0.4 is 4.90 Å². The van der Waals surface area contributed by atoms with Gasteiger partial charge in [-0.1, -0.05) is 26.6 Å². The van der Waals surface area contributed by atoms with Crippen LogP contribution in [0.1, 0.15) is 0 Å². The fourth-order valence-corrected chi connectivity index (χ4v) is 3.75. The van der Waals surface area contributed by atoms with E-state index in [1.54, 1.807) is 17.0 Å². The van der Waals surface area contributed by atoms with Crippen LogP contribution >= 0.6 is 15.9 Å². The minimum absolute atomic E-state index is 0.0257. The van der Waals surface area contributed by atoms with Gasteiger partial charge in [0, 0.05) is 28.2 Å². The molecule has 1 N–H and O–H groups in total. The lowest BCUT2D eigenvalue weighted by molar-refractivity contribution is -0.169. The molecular formula is C12H12BrF3N2O2S. The molecule has 1 aromatic carbocycles. The van der Waals surface area contributed by atoms with Gasteiger partial charge >= 0.3 is 12.1 Å². The van der Waals surface area contributed by atoms with Crippen molar-refractivity contribution >= 4 is 38.2 Å². The van der Waals surface area contributed by atoms with Gasteiger partial charge in [0.25, 0.3) is 0 Å². The van der Waals surface area contributed by atoms with Crippen LogP contribution in [0.15, 0.2) is 33.1 Å². The summed E-state index contributed by atoms with van der Waals surface area (Å²) in [5.74, 6) is -1.73. The molecule has 0 radical (unpaired) electrons. The minimum atomic E-state index is -4.94. The Morgan fingerprint density at radius 1 is 1.38 bits per heavy atom. The maximum Gasteiger partial charge on any atom is 0.474 e. The van der Waals surface area contributed by atoms with Crippen LogP contribution in [0.2, 0.25) is 0 Å². The van der Waals surface area contributed by atoms with Crippen LogP contribution in [0.4, 0.5) is 18.9 Å². The number of benzene rings is 1. The average molecular weight is 385 g/mol. The molecule has 1 saturated heterocycles. The Kier molecular flexibility index (Phi) is 5.05.